The third-order valence-corrected chi connectivity index (χ3v) is 4.23. The molecule has 0 aliphatic carbocycles. The van der Waals surface area contributed by atoms with Crippen molar-refractivity contribution in [3.8, 4) is 5.75 Å². The van der Waals surface area contributed by atoms with Gasteiger partial charge in [-0.25, -0.2) is 5.43 Å². The van der Waals surface area contributed by atoms with Crippen molar-refractivity contribution in [2.75, 3.05) is 7.11 Å². The summed E-state index contributed by atoms with van der Waals surface area (Å²) in [5.74, 6) is 0.248. The number of benzene rings is 3. The van der Waals surface area contributed by atoms with Crippen LogP contribution in [-0.2, 0) is 0 Å². The summed E-state index contributed by atoms with van der Waals surface area (Å²) in [6.07, 6.45) is 1.56. The SMILES string of the molecule is COc1ccc2ccccc2c1/C=N\NC(=O)c1ccc(Cl)cc1Cl. The van der Waals surface area contributed by atoms with Gasteiger partial charge in [0.1, 0.15) is 5.75 Å². The molecule has 0 aliphatic rings. The normalized spacial score (nSPS) is 11.0. The van der Waals surface area contributed by atoms with Gasteiger partial charge in [0.05, 0.1) is 23.9 Å². The monoisotopic (exact) mass is 372 g/mol. The first-order chi connectivity index (χ1) is 12.1. The molecule has 126 valence electrons. The largest absolute Gasteiger partial charge is 0.496 e. The molecular weight excluding hydrogens is 359 g/mol. The van der Waals surface area contributed by atoms with Crippen LogP contribution in [0.25, 0.3) is 10.8 Å². The minimum absolute atomic E-state index is 0.267. The van der Waals surface area contributed by atoms with E-state index in [-0.39, 0.29) is 5.02 Å². The second-order valence-corrected chi connectivity index (χ2v) is 6.07. The van der Waals surface area contributed by atoms with E-state index in [0.717, 1.165) is 16.3 Å². The Labute approximate surface area is 155 Å². The highest BCUT2D eigenvalue weighted by Gasteiger charge is 2.10. The summed E-state index contributed by atoms with van der Waals surface area (Å²) >= 11 is 11.9. The van der Waals surface area contributed by atoms with Crippen molar-refractivity contribution in [2.24, 2.45) is 5.10 Å². The van der Waals surface area contributed by atoms with Gasteiger partial charge in [-0.2, -0.15) is 5.10 Å². The number of ether oxygens (including phenoxy) is 1. The van der Waals surface area contributed by atoms with Crippen molar-refractivity contribution >= 4 is 46.1 Å². The van der Waals surface area contributed by atoms with E-state index in [9.17, 15) is 4.79 Å². The second-order valence-electron chi connectivity index (χ2n) is 5.23. The van der Waals surface area contributed by atoms with E-state index >= 15 is 0 Å². The highest BCUT2D eigenvalue weighted by Crippen LogP contribution is 2.26. The van der Waals surface area contributed by atoms with Gasteiger partial charge < -0.3 is 4.74 Å². The summed E-state index contributed by atoms with van der Waals surface area (Å²) in [6, 6.07) is 16.4. The smallest absolute Gasteiger partial charge is 0.272 e. The molecular formula is C19H14Cl2N2O2. The fourth-order valence-corrected chi connectivity index (χ4v) is 2.97. The minimum atomic E-state index is -0.419. The number of carbonyl (C=O) groups is 1. The summed E-state index contributed by atoms with van der Waals surface area (Å²) in [7, 11) is 1.59. The minimum Gasteiger partial charge on any atom is -0.496 e. The molecule has 0 bridgehead atoms. The number of methoxy groups -OCH3 is 1. The highest BCUT2D eigenvalue weighted by molar-refractivity contribution is 6.36. The molecule has 3 aromatic carbocycles. The average molecular weight is 373 g/mol. The zero-order chi connectivity index (χ0) is 17.8. The topological polar surface area (TPSA) is 50.7 Å². The first kappa shape index (κ1) is 17.3. The Kier molecular flexibility index (Phi) is 5.22. The Morgan fingerprint density at radius 2 is 1.92 bits per heavy atom. The van der Waals surface area contributed by atoms with Crippen molar-refractivity contribution in [3.63, 3.8) is 0 Å². The maximum absolute atomic E-state index is 12.2. The maximum atomic E-state index is 12.2. The molecule has 25 heavy (non-hydrogen) atoms. The second kappa shape index (κ2) is 7.55. The average Bonchev–Trinajstić information content (AvgIpc) is 2.61. The Morgan fingerprint density at radius 3 is 2.68 bits per heavy atom. The van der Waals surface area contributed by atoms with Crippen molar-refractivity contribution in [3.05, 3.63) is 75.8 Å². The van der Waals surface area contributed by atoms with E-state index in [1.807, 2.05) is 36.4 Å². The van der Waals surface area contributed by atoms with Crippen LogP contribution in [0, 0.1) is 0 Å². The number of nitrogens with one attached hydrogen (secondary N) is 1. The van der Waals surface area contributed by atoms with E-state index in [0.29, 0.717) is 16.3 Å². The summed E-state index contributed by atoms with van der Waals surface area (Å²) in [4.78, 5) is 12.2. The predicted molar refractivity (Wildman–Crippen MR) is 102 cm³/mol. The van der Waals surface area contributed by atoms with Crippen LogP contribution in [0.5, 0.6) is 5.75 Å². The van der Waals surface area contributed by atoms with E-state index in [4.69, 9.17) is 27.9 Å². The number of amides is 1. The molecule has 0 heterocycles. The standard InChI is InChI=1S/C19H14Cl2N2O2/c1-25-18-9-6-12-4-2-3-5-14(12)16(18)11-22-23-19(24)15-8-7-13(20)10-17(15)21/h2-11H,1H3,(H,23,24)/b22-11-. The van der Waals surface area contributed by atoms with Gasteiger partial charge in [0.25, 0.3) is 5.91 Å². The Morgan fingerprint density at radius 1 is 1.12 bits per heavy atom. The molecule has 0 radical (unpaired) electrons. The lowest BCUT2D eigenvalue weighted by molar-refractivity contribution is 0.0955. The zero-order valence-electron chi connectivity index (χ0n) is 13.3. The molecule has 0 aromatic heterocycles. The number of hydrazone groups is 1. The Bertz CT molecular complexity index is 971. The number of rotatable bonds is 4. The number of hydrogen-bond acceptors (Lipinski definition) is 3. The van der Waals surface area contributed by atoms with Crippen LogP contribution < -0.4 is 10.2 Å². The van der Waals surface area contributed by atoms with Gasteiger partial charge in [-0.3, -0.25) is 4.79 Å². The third kappa shape index (κ3) is 3.76. The summed E-state index contributed by atoms with van der Waals surface area (Å²) < 4.78 is 5.39. The molecule has 0 saturated heterocycles. The molecule has 1 amide bonds. The van der Waals surface area contributed by atoms with Crippen molar-refractivity contribution in [1.82, 2.24) is 5.43 Å². The van der Waals surface area contributed by atoms with Crippen molar-refractivity contribution < 1.29 is 9.53 Å². The van der Waals surface area contributed by atoms with Crippen LogP contribution in [0.1, 0.15) is 15.9 Å². The molecule has 6 heteroatoms. The molecule has 0 saturated carbocycles. The van der Waals surface area contributed by atoms with Crippen LogP contribution in [0.3, 0.4) is 0 Å². The molecule has 0 unspecified atom stereocenters. The Hall–Kier alpha value is -2.56. The van der Waals surface area contributed by atoms with E-state index in [1.54, 1.807) is 25.5 Å². The van der Waals surface area contributed by atoms with E-state index in [2.05, 4.69) is 10.5 Å². The third-order valence-electron chi connectivity index (χ3n) is 3.69. The summed E-state index contributed by atoms with van der Waals surface area (Å²) in [5.41, 5.74) is 3.55. The maximum Gasteiger partial charge on any atom is 0.272 e. The number of carbonyl (C=O) groups excluding carboxylic acids is 1. The van der Waals surface area contributed by atoms with Gasteiger partial charge >= 0.3 is 0 Å². The fourth-order valence-electron chi connectivity index (χ4n) is 2.48. The molecule has 0 fully saturated rings. The molecule has 0 atom stereocenters. The lowest BCUT2D eigenvalue weighted by atomic mass is 10.0. The molecule has 4 nitrogen and oxygen atoms in total. The quantitative estimate of drug-likeness (QED) is 0.521. The molecule has 3 rings (SSSR count). The van der Waals surface area contributed by atoms with Crippen molar-refractivity contribution in [2.45, 2.75) is 0 Å². The summed E-state index contributed by atoms with van der Waals surface area (Å²) in [5, 5.41) is 6.80. The fraction of sp³-hybridized carbons (Fsp3) is 0.0526. The van der Waals surface area contributed by atoms with Crippen molar-refractivity contribution in [1.29, 1.82) is 0 Å². The Balaban J connectivity index is 1.87. The van der Waals surface area contributed by atoms with Crippen LogP contribution in [0.15, 0.2) is 59.7 Å². The molecule has 1 N–H and O–H groups in total. The number of fused-ring (bicyclic) bond motifs is 1. The lowest BCUT2D eigenvalue weighted by Crippen LogP contribution is -2.18. The van der Waals surface area contributed by atoms with Gasteiger partial charge in [-0.1, -0.05) is 53.5 Å². The first-order valence-electron chi connectivity index (χ1n) is 7.44. The van der Waals surface area contributed by atoms with Gasteiger partial charge in [0.2, 0.25) is 0 Å². The number of hydrogen-bond donors (Lipinski definition) is 1. The number of nitrogens with zero attached hydrogens (tertiary/aromatic N) is 1. The van der Waals surface area contributed by atoms with Crippen LogP contribution in [0.2, 0.25) is 10.0 Å². The molecule has 0 aliphatic heterocycles. The van der Waals surface area contributed by atoms with E-state index < -0.39 is 5.91 Å². The van der Waals surface area contributed by atoms with Gasteiger partial charge in [0, 0.05) is 10.6 Å². The summed E-state index contributed by atoms with van der Waals surface area (Å²) in [6.45, 7) is 0. The number of halogens is 2. The molecule has 3 aromatic rings. The van der Waals surface area contributed by atoms with E-state index in [1.165, 1.54) is 6.07 Å². The van der Waals surface area contributed by atoms with Crippen LogP contribution in [-0.4, -0.2) is 19.2 Å². The van der Waals surface area contributed by atoms with Gasteiger partial charge in [0.15, 0.2) is 0 Å². The zero-order valence-corrected chi connectivity index (χ0v) is 14.8. The van der Waals surface area contributed by atoms with Crippen LogP contribution in [0.4, 0.5) is 0 Å². The first-order valence-corrected chi connectivity index (χ1v) is 8.20. The van der Waals surface area contributed by atoms with Gasteiger partial charge in [-0.15, -0.1) is 0 Å². The van der Waals surface area contributed by atoms with Crippen LogP contribution >= 0.6 is 23.2 Å². The highest BCUT2D eigenvalue weighted by atomic mass is 35.5. The lowest BCUT2D eigenvalue weighted by Gasteiger charge is -2.08. The predicted octanol–water partition coefficient (Wildman–Crippen LogP) is 4.92. The van der Waals surface area contributed by atoms with Gasteiger partial charge in [-0.05, 0) is 35.0 Å². The molecule has 0 spiro atoms.